The number of aromatic amines is 1. The average molecular weight is 344 g/mol. The van der Waals surface area contributed by atoms with Crippen molar-refractivity contribution in [1.82, 2.24) is 20.2 Å². The molecule has 0 bridgehead atoms. The highest BCUT2D eigenvalue weighted by Gasteiger charge is 2.26. The van der Waals surface area contributed by atoms with E-state index in [9.17, 15) is 9.59 Å². The highest BCUT2D eigenvalue weighted by atomic mass is 16.5. The van der Waals surface area contributed by atoms with Crippen molar-refractivity contribution in [2.24, 2.45) is 0 Å². The second-order valence-electron chi connectivity index (χ2n) is 6.21. The van der Waals surface area contributed by atoms with E-state index in [1.54, 1.807) is 11.8 Å². The van der Waals surface area contributed by atoms with Crippen LogP contribution in [0.4, 0.5) is 4.79 Å². The summed E-state index contributed by atoms with van der Waals surface area (Å²) in [4.78, 5) is 33.5. The predicted molar refractivity (Wildman–Crippen MR) is 94.3 cm³/mol. The first-order chi connectivity index (χ1) is 12.2. The number of piperidine rings is 1. The SMILES string of the molecule is CCOC(=O)CCNC(=O)N1CCCC(c2nc3ccccc3[nH]2)C1. The number of urea groups is 1. The molecule has 1 aliphatic rings. The average Bonchev–Trinajstić information content (AvgIpc) is 3.06. The van der Waals surface area contributed by atoms with Crippen LogP contribution in [0.15, 0.2) is 24.3 Å². The zero-order valence-electron chi connectivity index (χ0n) is 14.5. The molecule has 25 heavy (non-hydrogen) atoms. The van der Waals surface area contributed by atoms with Crippen LogP contribution in [0.5, 0.6) is 0 Å². The second-order valence-corrected chi connectivity index (χ2v) is 6.21. The molecule has 0 radical (unpaired) electrons. The van der Waals surface area contributed by atoms with Crippen molar-refractivity contribution in [1.29, 1.82) is 0 Å². The van der Waals surface area contributed by atoms with Gasteiger partial charge in [-0.1, -0.05) is 12.1 Å². The first-order valence-corrected chi connectivity index (χ1v) is 8.80. The van der Waals surface area contributed by atoms with Crippen LogP contribution in [0.2, 0.25) is 0 Å². The van der Waals surface area contributed by atoms with E-state index in [2.05, 4.69) is 15.3 Å². The Hall–Kier alpha value is -2.57. The van der Waals surface area contributed by atoms with E-state index in [1.807, 2.05) is 24.3 Å². The Bertz CT molecular complexity index is 710. The van der Waals surface area contributed by atoms with Gasteiger partial charge >= 0.3 is 12.0 Å². The maximum Gasteiger partial charge on any atom is 0.317 e. The number of aromatic nitrogens is 2. The van der Waals surface area contributed by atoms with Crippen LogP contribution in [0, 0.1) is 0 Å². The van der Waals surface area contributed by atoms with E-state index in [0.29, 0.717) is 19.7 Å². The molecule has 2 heterocycles. The zero-order chi connectivity index (χ0) is 17.6. The van der Waals surface area contributed by atoms with E-state index >= 15 is 0 Å². The number of esters is 1. The third-order valence-corrected chi connectivity index (χ3v) is 4.41. The Kier molecular flexibility index (Phi) is 5.53. The molecule has 7 heteroatoms. The number of benzene rings is 1. The van der Waals surface area contributed by atoms with Crippen LogP contribution >= 0.6 is 0 Å². The van der Waals surface area contributed by atoms with Crippen molar-refractivity contribution in [3.63, 3.8) is 0 Å². The molecule has 0 saturated carbocycles. The number of fused-ring (bicyclic) bond motifs is 1. The number of H-pyrrole nitrogens is 1. The molecule has 1 aromatic carbocycles. The molecule has 0 aliphatic carbocycles. The number of imidazole rings is 1. The normalized spacial score (nSPS) is 17.5. The molecule has 1 aromatic heterocycles. The number of amides is 2. The summed E-state index contributed by atoms with van der Waals surface area (Å²) < 4.78 is 4.86. The van der Waals surface area contributed by atoms with Crippen LogP contribution < -0.4 is 5.32 Å². The standard InChI is InChI=1S/C18H24N4O3/c1-2-25-16(23)9-10-19-18(24)22-11-5-6-13(12-22)17-20-14-7-3-4-8-15(14)21-17/h3-4,7-8,13H,2,5-6,9-12H2,1H3,(H,19,24)(H,20,21). The fourth-order valence-corrected chi connectivity index (χ4v) is 3.17. The van der Waals surface area contributed by atoms with Crippen LogP contribution in [-0.2, 0) is 9.53 Å². The summed E-state index contributed by atoms with van der Waals surface area (Å²) in [5.41, 5.74) is 1.97. The molecular weight excluding hydrogens is 320 g/mol. The van der Waals surface area contributed by atoms with Gasteiger partial charge in [-0.05, 0) is 31.9 Å². The predicted octanol–water partition coefficient (Wildman–Crippen LogP) is 2.41. The molecule has 2 N–H and O–H groups in total. The van der Waals surface area contributed by atoms with Gasteiger partial charge in [0.15, 0.2) is 0 Å². The Balaban J connectivity index is 1.55. The van der Waals surface area contributed by atoms with Crippen molar-refractivity contribution < 1.29 is 14.3 Å². The van der Waals surface area contributed by atoms with Crippen molar-refractivity contribution in [3.05, 3.63) is 30.1 Å². The lowest BCUT2D eigenvalue weighted by Crippen LogP contribution is -2.45. The monoisotopic (exact) mass is 344 g/mol. The summed E-state index contributed by atoms with van der Waals surface area (Å²) in [6.07, 6.45) is 2.14. The highest BCUT2D eigenvalue weighted by Crippen LogP contribution is 2.26. The third kappa shape index (κ3) is 4.29. The van der Waals surface area contributed by atoms with Crippen molar-refractivity contribution in [2.75, 3.05) is 26.2 Å². The minimum absolute atomic E-state index is 0.134. The summed E-state index contributed by atoms with van der Waals surface area (Å²) in [5, 5.41) is 2.80. The second kappa shape index (κ2) is 8.00. The lowest BCUT2D eigenvalue weighted by Gasteiger charge is -2.31. The number of para-hydroxylation sites is 2. The van der Waals surface area contributed by atoms with Crippen molar-refractivity contribution >= 4 is 23.0 Å². The number of carbonyl (C=O) groups excluding carboxylic acids is 2. The van der Waals surface area contributed by atoms with E-state index in [1.165, 1.54) is 0 Å². The molecular formula is C18H24N4O3. The molecule has 0 spiro atoms. The molecule has 1 unspecified atom stereocenters. The number of hydrogen-bond donors (Lipinski definition) is 2. The number of hydrogen-bond acceptors (Lipinski definition) is 4. The third-order valence-electron chi connectivity index (χ3n) is 4.41. The van der Waals surface area contributed by atoms with Gasteiger partial charge in [0, 0.05) is 25.6 Å². The Labute approximate surface area is 146 Å². The number of nitrogens with zero attached hydrogens (tertiary/aromatic N) is 2. The zero-order valence-corrected chi connectivity index (χ0v) is 14.5. The molecule has 3 rings (SSSR count). The van der Waals surface area contributed by atoms with Gasteiger partial charge in [0.1, 0.15) is 5.82 Å². The molecule has 1 saturated heterocycles. The van der Waals surface area contributed by atoms with Gasteiger partial charge in [0.05, 0.1) is 24.1 Å². The Morgan fingerprint density at radius 3 is 3.04 bits per heavy atom. The molecule has 2 amide bonds. The fraction of sp³-hybridized carbons (Fsp3) is 0.500. The molecule has 1 fully saturated rings. The lowest BCUT2D eigenvalue weighted by molar-refractivity contribution is -0.142. The first-order valence-electron chi connectivity index (χ1n) is 8.80. The number of likely N-dealkylation sites (tertiary alicyclic amines) is 1. The molecule has 7 nitrogen and oxygen atoms in total. The quantitative estimate of drug-likeness (QED) is 0.816. The van der Waals surface area contributed by atoms with Gasteiger partial charge in [-0.25, -0.2) is 9.78 Å². The van der Waals surface area contributed by atoms with Crippen LogP contribution in [0.25, 0.3) is 11.0 Å². The van der Waals surface area contributed by atoms with Crippen LogP contribution in [0.3, 0.4) is 0 Å². The lowest BCUT2D eigenvalue weighted by atomic mass is 9.97. The van der Waals surface area contributed by atoms with Gasteiger partial charge < -0.3 is 19.9 Å². The van der Waals surface area contributed by atoms with E-state index in [4.69, 9.17) is 4.74 Å². The molecule has 2 aromatic rings. The number of ether oxygens (including phenoxy) is 1. The summed E-state index contributed by atoms with van der Waals surface area (Å²) in [5.74, 6) is 0.851. The maximum atomic E-state index is 12.3. The van der Waals surface area contributed by atoms with Gasteiger partial charge in [-0.2, -0.15) is 0 Å². The van der Waals surface area contributed by atoms with E-state index in [-0.39, 0.29) is 24.3 Å². The van der Waals surface area contributed by atoms with Gasteiger partial charge in [-0.3, -0.25) is 4.79 Å². The van der Waals surface area contributed by atoms with Gasteiger partial charge in [0.25, 0.3) is 0 Å². The minimum Gasteiger partial charge on any atom is -0.466 e. The topological polar surface area (TPSA) is 87.3 Å². The van der Waals surface area contributed by atoms with E-state index in [0.717, 1.165) is 36.2 Å². The maximum absolute atomic E-state index is 12.3. The molecule has 134 valence electrons. The number of rotatable bonds is 5. The minimum atomic E-state index is -0.290. The number of carbonyl (C=O) groups is 2. The Morgan fingerprint density at radius 2 is 2.24 bits per heavy atom. The van der Waals surface area contributed by atoms with Crippen molar-refractivity contribution in [3.8, 4) is 0 Å². The number of nitrogens with one attached hydrogen (secondary N) is 2. The largest absolute Gasteiger partial charge is 0.466 e. The Morgan fingerprint density at radius 1 is 1.40 bits per heavy atom. The summed E-state index contributed by atoms with van der Waals surface area (Å²) >= 11 is 0. The van der Waals surface area contributed by atoms with Gasteiger partial charge in [-0.15, -0.1) is 0 Å². The fourth-order valence-electron chi connectivity index (χ4n) is 3.17. The van der Waals surface area contributed by atoms with E-state index < -0.39 is 0 Å². The van der Waals surface area contributed by atoms with Crippen LogP contribution in [0.1, 0.15) is 37.9 Å². The van der Waals surface area contributed by atoms with Gasteiger partial charge in [0.2, 0.25) is 0 Å². The van der Waals surface area contributed by atoms with Crippen molar-refractivity contribution in [2.45, 2.75) is 32.1 Å². The first kappa shape index (κ1) is 17.3. The van der Waals surface area contributed by atoms with Crippen LogP contribution in [-0.4, -0.2) is 53.1 Å². The summed E-state index contributed by atoms with van der Waals surface area (Å²) in [6, 6.07) is 7.81. The highest BCUT2D eigenvalue weighted by molar-refractivity contribution is 5.76. The summed E-state index contributed by atoms with van der Waals surface area (Å²) in [6.45, 7) is 3.77. The molecule has 1 aliphatic heterocycles. The summed E-state index contributed by atoms with van der Waals surface area (Å²) in [7, 11) is 0. The smallest absolute Gasteiger partial charge is 0.317 e. The molecule has 1 atom stereocenters.